The van der Waals surface area contributed by atoms with Crippen LogP contribution in [0.15, 0.2) is 65.4 Å². The smallest absolute Gasteiger partial charge is 0.224 e. The number of H-pyrrole nitrogens is 1. The van der Waals surface area contributed by atoms with Crippen LogP contribution in [0.2, 0.25) is 0 Å². The van der Waals surface area contributed by atoms with Crippen molar-refractivity contribution in [3.05, 3.63) is 87.7 Å². The maximum Gasteiger partial charge on any atom is 0.224 e. The van der Waals surface area contributed by atoms with Gasteiger partial charge in [-0.3, -0.25) is 9.69 Å². The van der Waals surface area contributed by atoms with E-state index in [1.165, 1.54) is 11.1 Å². The molecule has 0 bridgehead atoms. The highest BCUT2D eigenvalue weighted by atomic mass is 32.1. The zero-order valence-corrected chi connectivity index (χ0v) is 19.0. The summed E-state index contributed by atoms with van der Waals surface area (Å²) in [6.07, 6.45) is 0.383. The van der Waals surface area contributed by atoms with Crippen molar-refractivity contribution < 1.29 is 9.53 Å². The van der Waals surface area contributed by atoms with Crippen LogP contribution in [0.1, 0.15) is 28.5 Å². The Kier molecular flexibility index (Phi) is 5.97. The molecular formula is C26H27N3O2S. The number of rotatable bonds is 6. The molecule has 0 aliphatic carbocycles. The maximum absolute atomic E-state index is 12.7. The second-order valence-electron chi connectivity index (χ2n) is 8.31. The molecule has 0 spiro atoms. The summed E-state index contributed by atoms with van der Waals surface area (Å²) < 4.78 is 6.36. The third kappa shape index (κ3) is 4.42. The van der Waals surface area contributed by atoms with Gasteiger partial charge in [0.2, 0.25) is 5.91 Å². The van der Waals surface area contributed by atoms with Crippen LogP contribution in [0.25, 0.3) is 10.9 Å². The first-order chi connectivity index (χ1) is 15.7. The largest absolute Gasteiger partial charge is 0.484 e. The number of ether oxygens (including phenoxy) is 1. The van der Waals surface area contributed by atoms with E-state index < -0.39 is 0 Å². The van der Waals surface area contributed by atoms with Crippen LogP contribution < -0.4 is 10.1 Å². The van der Waals surface area contributed by atoms with E-state index in [1.807, 2.05) is 37.3 Å². The van der Waals surface area contributed by atoms with Crippen molar-refractivity contribution in [2.45, 2.75) is 26.0 Å². The lowest BCUT2D eigenvalue weighted by Crippen LogP contribution is -2.37. The summed E-state index contributed by atoms with van der Waals surface area (Å²) in [5.74, 6) is 1.00. The summed E-state index contributed by atoms with van der Waals surface area (Å²) in [5.41, 5.74) is 5.60. The number of thiophene rings is 1. The summed E-state index contributed by atoms with van der Waals surface area (Å²) >= 11 is 1.69. The van der Waals surface area contributed by atoms with Crippen LogP contribution in [0, 0.1) is 6.92 Å². The number of hydrogen-bond donors (Lipinski definition) is 2. The minimum absolute atomic E-state index is 0.00512. The number of carbonyl (C=O) groups excluding carboxylic acids is 1. The minimum Gasteiger partial charge on any atom is -0.484 e. The van der Waals surface area contributed by atoms with Gasteiger partial charge in [-0.15, -0.1) is 0 Å². The SMILES string of the molecule is Cc1[nH]c2ccccc2c1CC(=O)NCCN1Cc2ccccc2O[C@@H](c2ccsc2)C1. The van der Waals surface area contributed by atoms with Gasteiger partial charge in [-0.05, 0) is 41.4 Å². The molecule has 0 saturated heterocycles. The summed E-state index contributed by atoms with van der Waals surface area (Å²) in [6, 6.07) is 18.5. The Hall–Kier alpha value is -3.09. The molecular weight excluding hydrogens is 418 g/mol. The van der Waals surface area contributed by atoms with E-state index in [2.05, 4.69) is 50.2 Å². The average Bonchev–Trinajstić information content (AvgIpc) is 3.38. The first-order valence-corrected chi connectivity index (χ1v) is 11.9. The van der Waals surface area contributed by atoms with Crippen molar-refractivity contribution in [1.82, 2.24) is 15.2 Å². The van der Waals surface area contributed by atoms with Gasteiger partial charge in [0, 0.05) is 53.9 Å². The molecule has 1 amide bonds. The Balaban J connectivity index is 1.23. The predicted octanol–water partition coefficient (Wildman–Crippen LogP) is 4.83. The van der Waals surface area contributed by atoms with E-state index in [4.69, 9.17) is 4.74 Å². The number of nitrogens with one attached hydrogen (secondary N) is 2. The number of para-hydroxylation sites is 2. The zero-order valence-electron chi connectivity index (χ0n) is 18.1. The van der Waals surface area contributed by atoms with Crippen LogP contribution in [0.3, 0.4) is 0 Å². The monoisotopic (exact) mass is 445 g/mol. The van der Waals surface area contributed by atoms with Gasteiger partial charge in [-0.1, -0.05) is 36.4 Å². The van der Waals surface area contributed by atoms with Crippen LogP contribution in [-0.4, -0.2) is 35.4 Å². The topological polar surface area (TPSA) is 57.4 Å². The van der Waals surface area contributed by atoms with Crippen molar-refractivity contribution in [1.29, 1.82) is 0 Å². The highest BCUT2D eigenvalue weighted by Gasteiger charge is 2.24. The Morgan fingerprint density at radius 3 is 2.91 bits per heavy atom. The van der Waals surface area contributed by atoms with Gasteiger partial charge in [-0.25, -0.2) is 0 Å². The van der Waals surface area contributed by atoms with Crippen LogP contribution in [-0.2, 0) is 17.8 Å². The van der Waals surface area contributed by atoms with Gasteiger partial charge < -0.3 is 15.0 Å². The molecule has 3 heterocycles. The first-order valence-electron chi connectivity index (χ1n) is 11.0. The molecule has 1 atom stereocenters. The third-order valence-electron chi connectivity index (χ3n) is 6.09. The van der Waals surface area contributed by atoms with Crippen molar-refractivity contribution in [2.75, 3.05) is 19.6 Å². The number of aryl methyl sites for hydroxylation is 1. The highest BCUT2D eigenvalue weighted by Crippen LogP contribution is 2.31. The van der Waals surface area contributed by atoms with E-state index in [9.17, 15) is 4.79 Å². The molecule has 6 heteroatoms. The normalized spacial score (nSPS) is 16.3. The van der Waals surface area contributed by atoms with E-state index in [0.717, 1.165) is 47.5 Å². The number of fused-ring (bicyclic) bond motifs is 2. The summed E-state index contributed by atoms with van der Waals surface area (Å²) in [7, 11) is 0. The number of aromatic nitrogens is 1. The fourth-order valence-corrected chi connectivity index (χ4v) is 5.12. The Morgan fingerprint density at radius 1 is 1.19 bits per heavy atom. The fraction of sp³-hybridized carbons (Fsp3) is 0.269. The minimum atomic E-state index is -0.00512. The van der Waals surface area contributed by atoms with Crippen molar-refractivity contribution in [2.24, 2.45) is 0 Å². The number of nitrogens with zero attached hydrogens (tertiary/aromatic N) is 1. The molecule has 5 nitrogen and oxygen atoms in total. The second-order valence-corrected chi connectivity index (χ2v) is 9.09. The van der Waals surface area contributed by atoms with Crippen molar-refractivity contribution in [3.63, 3.8) is 0 Å². The zero-order chi connectivity index (χ0) is 21.9. The Bertz CT molecular complexity index is 1220. The number of amides is 1. The molecule has 32 heavy (non-hydrogen) atoms. The van der Waals surface area contributed by atoms with Gasteiger partial charge in [0.05, 0.1) is 6.42 Å². The molecule has 2 aromatic carbocycles. The first kappa shape index (κ1) is 20.8. The van der Waals surface area contributed by atoms with Crippen LogP contribution in [0.4, 0.5) is 0 Å². The molecule has 4 aromatic rings. The number of carbonyl (C=O) groups is 1. The predicted molar refractivity (Wildman–Crippen MR) is 129 cm³/mol. The molecule has 2 aromatic heterocycles. The number of benzene rings is 2. The molecule has 1 aliphatic rings. The van der Waals surface area contributed by atoms with E-state index >= 15 is 0 Å². The Morgan fingerprint density at radius 2 is 2.03 bits per heavy atom. The van der Waals surface area contributed by atoms with Gasteiger partial charge >= 0.3 is 0 Å². The van der Waals surface area contributed by atoms with Crippen molar-refractivity contribution in [3.8, 4) is 5.75 Å². The van der Waals surface area contributed by atoms with Gasteiger partial charge in [0.1, 0.15) is 11.9 Å². The van der Waals surface area contributed by atoms with E-state index in [-0.39, 0.29) is 12.0 Å². The fourth-order valence-electron chi connectivity index (χ4n) is 4.42. The van der Waals surface area contributed by atoms with Crippen molar-refractivity contribution >= 4 is 28.1 Å². The molecule has 0 saturated carbocycles. The molecule has 1 aliphatic heterocycles. The van der Waals surface area contributed by atoms with Crippen LogP contribution >= 0.6 is 11.3 Å². The van der Waals surface area contributed by atoms with E-state index in [1.54, 1.807) is 11.3 Å². The Labute approximate surface area is 192 Å². The number of hydrogen-bond acceptors (Lipinski definition) is 4. The summed E-state index contributed by atoms with van der Waals surface area (Å²) in [5, 5.41) is 8.49. The van der Waals surface area contributed by atoms with Gasteiger partial charge in [0.25, 0.3) is 0 Å². The number of aromatic amines is 1. The second kappa shape index (κ2) is 9.18. The molecule has 0 unspecified atom stereocenters. The van der Waals surface area contributed by atoms with Crippen LogP contribution in [0.5, 0.6) is 5.75 Å². The lowest BCUT2D eigenvalue weighted by Gasteiger charge is -2.23. The average molecular weight is 446 g/mol. The standard InChI is InChI=1S/C26H27N3O2S/c1-18-22(21-7-3-4-8-23(21)28-18)14-26(30)27-11-12-29-15-19-6-2-5-9-24(19)31-25(16-29)20-10-13-32-17-20/h2-10,13,17,25,28H,11-12,14-16H2,1H3,(H,27,30)/t25-/m1/s1. The maximum atomic E-state index is 12.7. The lowest BCUT2D eigenvalue weighted by molar-refractivity contribution is -0.120. The molecule has 0 fully saturated rings. The van der Waals surface area contributed by atoms with Gasteiger partial charge in [0.15, 0.2) is 0 Å². The molecule has 0 radical (unpaired) electrons. The van der Waals surface area contributed by atoms with E-state index in [0.29, 0.717) is 13.0 Å². The highest BCUT2D eigenvalue weighted by molar-refractivity contribution is 7.07. The molecule has 164 valence electrons. The molecule has 5 rings (SSSR count). The quantitative estimate of drug-likeness (QED) is 0.447. The lowest BCUT2D eigenvalue weighted by atomic mass is 10.1. The summed E-state index contributed by atoms with van der Waals surface area (Å²) in [6.45, 7) is 5.02. The van der Waals surface area contributed by atoms with Gasteiger partial charge in [-0.2, -0.15) is 11.3 Å². The molecule has 2 N–H and O–H groups in total. The summed E-state index contributed by atoms with van der Waals surface area (Å²) in [4.78, 5) is 18.4. The third-order valence-corrected chi connectivity index (χ3v) is 6.79.